The summed E-state index contributed by atoms with van der Waals surface area (Å²) in [4.78, 5) is 1.34. The summed E-state index contributed by atoms with van der Waals surface area (Å²) in [7, 11) is 1.69. The van der Waals surface area contributed by atoms with Gasteiger partial charge in [0.1, 0.15) is 0 Å². The normalized spacial score (nSPS) is 14.1. The van der Waals surface area contributed by atoms with Crippen molar-refractivity contribution in [1.29, 1.82) is 0 Å². The minimum absolute atomic E-state index is 0.227. The molecule has 1 aromatic rings. The summed E-state index contributed by atoms with van der Waals surface area (Å²) in [5.74, 6) is 0. The molecular formula is C12H20O2S. The second-order valence-electron chi connectivity index (χ2n) is 4.44. The van der Waals surface area contributed by atoms with E-state index in [0.717, 1.165) is 12.8 Å². The third kappa shape index (κ3) is 4.78. The molecule has 2 nitrogen and oxygen atoms in total. The minimum atomic E-state index is -0.276. The SMILES string of the molecule is COC(C)(C)CC(O)CCc1cccs1. The lowest BCUT2D eigenvalue weighted by Crippen LogP contribution is -2.28. The summed E-state index contributed by atoms with van der Waals surface area (Å²) < 4.78 is 5.29. The third-order valence-corrected chi connectivity index (χ3v) is 3.52. The minimum Gasteiger partial charge on any atom is -0.393 e. The van der Waals surface area contributed by atoms with Crippen LogP contribution in [0.4, 0.5) is 0 Å². The Balaban J connectivity index is 2.27. The molecule has 0 bridgehead atoms. The first-order valence-corrected chi connectivity index (χ1v) is 6.17. The van der Waals surface area contributed by atoms with Gasteiger partial charge in [0.05, 0.1) is 11.7 Å². The van der Waals surface area contributed by atoms with Crippen LogP contribution < -0.4 is 0 Å². The zero-order chi connectivity index (χ0) is 11.3. The summed E-state index contributed by atoms with van der Waals surface area (Å²) in [5, 5.41) is 11.9. The molecule has 15 heavy (non-hydrogen) atoms. The van der Waals surface area contributed by atoms with E-state index in [-0.39, 0.29) is 11.7 Å². The fourth-order valence-corrected chi connectivity index (χ4v) is 2.24. The number of aliphatic hydroxyl groups excluding tert-OH is 1. The van der Waals surface area contributed by atoms with Gasteiger partial charge in [0.2, 0.25) is 0 Å². The number of methoxy groups -OCH3 is 1. The van der Waals surface area contributed by atoms with Gasteiger partial charge >= 0.3 is 0 Å². The average molecular weight is 228 g/mol. The second kappa shape index (κ2) is 5.64. The maximum atomic E-state index is 9.84. The van der Waals surface area contributed by atoms with Gasteiger partial charge in [-0.05, 0) is 38.1 Å². The highest BCUT2D eigenvalue weighted by molar-refractivity contribution is 7.09. The number of rotatable bonds is 6. The summed E-state index contributed by atoms with van der Waals surface area (Å²) in [6.07, 6.45) is 2.18. The van der Waals surface area contributed by atoms with E-state index in [4.69, 9.17) is 4.74 Å². The third-order valence-electron chi connectivity index (χ3n) is 2.58. The van der Waals surface area contributed by atoms with Crippen molar-refractivity contribution in [2.45, 2.75) is 44.8 Å². The maximum Gasteiger partial charge on any atom is 0.0647 e. The maximum absolute atomic E-state index is 9.84. The Labute approximate surface area is 95.9 Å². The highest BCUT2D eigenvalue weighted by atomic mass is 32.1. The molecule has 0 spiro atoms. The van der Waals surface area contributed by atoms with Crippen molar-refractivity contribution in [2.75, 3.05) is 7.11 Å². The van der Waals surface area contributed by atoms with Crippen molar-refractivity contribution >= 4 is 11.3 Å². The predicted octanol–water partition coefficient (Wildman–Crippen LogP) is 2.86. The Morgan fingerprint density at radius 2 is 2.27 bits per heavy atom. The molecule has 1 aromatic heterocycles. The number of ether oxygens (including phenoxy) is 1. The van der Waals surface area contributed by atoms with Gasteiger partial charge in [-0.3, -0.25) is 0 Å². The van der Waals surface area contributed by atoms with Gasteiger partial charge in [0.25, 0.3) is 0 Å². The fourth-order valence-electron chi connectivity index (χ4n) is 1.52. The van der Waals surface area contributed by atoms with E-state index in [1.807, 2.05) is 19.9 Å². The topological polar surface area (TPSA) is 29.5 Å². The molecule has 0 aliphatic carbocycles. The molecule has 1 atom stereocenters. The number of aryl methyl sites for hydroxylation is 1. The van der Waals surface area contributed by atoms with E-state index < -0.39 is 0 Å². The van der Waals surface area contributed by atoms with Crippen LogP contribution in [-0.2, 0) is 11.2 Å². The number of hydrogen-bond acceptors (Lipinski definition) is 3. The lowest BCUT2D eigenvalue weighted by Gasteiger charge is -2.25. The molecule has 86 valence electrons. The monoisotopic (exact) mass is 228 g/mol. The van der Waals surface area contributed by atoms with Crippen molar-refractivity contribution < 1.29 is 9.84 Å². The van der Waals surface area contributed by atoms with E-state index in [2.05, 4.69) is 11.4 Å². The Morgan fingerprint density at radius 3 is 2.80 bits per heavy atom. The molecule has 0 aliphatic heterocycles. The first-order valence-electron chi connectivity index (χ1n) is 5.29. The molecule has 3 heteroatoms. The first kappa shape index (κ1) is 12.7. The first-order chi connectivity index (χ1) is 7.03. The van der Waals surface area contributed by atoms with Gasteiger partial charge < -0.3 is 9.84 Å². The molecule has 1 rings (SSSR count). The van der Waals surface area contributed by atoms with Crippen LogP contribution in [0.5, 0.6) is 0 Å². The Morgan fingerprint density at radius 1 is 1.53 bits per heavy atom. The lowest BCUT2D eigenvalue weighted by atomic mass is 9.98. The molecule has 0 fully saturated rings. The average Bonchev–Trinajstić information content (AvgIpc) is 2.66. The Hall–Kier alpha value is -0.380. The van der Waals surface area contributed by atoms with E-state index in [1.165, 1.54) is 4.88 Å². The van der Waals surface area contributed by atoms with Crippen molar-refractivity contribution in [3.8, 4) is 0 Å². The van der Waals surface area contributed by atoms with Gasteiger partial charge in [-0.15, -0.1) is 11.3 Å². The number of thiophene rings is 1. The predicted molar refractivity (Wildman–Crippen MR) is 64.4 cm³/mol. The van der Waals surface area contributed by atoms with E-state index >= 15 is 0 Å². The zero-order valence-corrected chi connectivity index (χ0v) is 10.5. The fraction of sp³-hybridized carbons (Fsp3) is 0.667. The molecule has 0 saturated heterocycles. The van der Waals surface area contributed by atoms with Crippen molar-refractivity contribution in [1.82, 2.24) is 0 Å². The van der Waals surface area contributed by atoms with Gasteiger partial charge in [-0.2, -0.15) is 0 Å². The molecule has 0 aromatic carbocycles. The molecule has 0 radical (unpaired) electrons. The molecule has 0 saturated carbocycles. The van der Waals surface area contributed by atoms with Crippen LogP contribution in [0.3, 0.4) is 0 Å². The van der Waals surface area contributed by atoms with Crippen molar-refractivity contribution in [2.24, 2.45) is 0 Å². The molecule has 1 unspecified atom stereocenters. The summed E-state index contributed by atoms with van der Waals surface area (Å²) in [6.45, 7) is 4.00. The molecular weight excluding hydrogens is 208 g/mol. The Bertz CT molecular complexity index is 267. The van der Waals surface area contributed by atoms with Crippen molar-refractivity contribution in [3.05, 3.63) is 22.4 Å². The van der Waals surface area contributed by atoms with Gasteiger partial charge in [-0.25, -0.2) is 0 Å². The lowest BCUT2D eigenvalue weighted by molar-refractivity contribution is -0.0209. The molecule has 0 aliphatic rings. The van der Waals surface area contributed by atoms with Gasteiger partial charge in [-0.1, -0.05) is 6.07 Å². The van der Waals surface area contributed by atoms with Crippen LogP contribution in [0.25, 0.3) is 0 Å². The van der Waals surface area contributed by atoms with E-state index in [1.54, 1.807) is 18.4 Å². The van der Waals surface area contributed by atoms with Gasteiger partial charge in [0, 0.05) is 18.4 Å². The smallest absolute Gasteiger partial charge is 0.0647 e. The van der Waals surface area contributed by atoms with E-state index in [0.29, 0.717) is 6.42 Å². The van der Waals surface area contributed by atoms with Crippen LogP contribution in [0.15, 0.2) is 17.5 Å². The van der Waals surface area contributed by atoms with Crippen LogP contribution in [0.2, 0.25) is 0 Å². The summed E-state index contributed by atoms with van der Waals surface area (Å²) in [5.41, 5.74) is -0.227. The standard InChI is InChI=1S/C12H20O2S/c1-12(2,14-3)9-10(13)6-7-11-5-4-8-15-11/h4-5,8,10,13H,6-7,9H2,1-3H3. The quantitative estimate of drug-likeness (QED) is 0.811. The zero-order valence-electron chi connectivity index (χ0n) is 9.69. The molecule has 1 heterocycles. The van der Waals surface area contributed by atoms with Crippen LogP contribution in [-0.4, -0.2) is 23.9 Å². The summed E-state index contributed by atoms with van der Waals surface area (Å²) >= 11 is 1.75. The second-order valence-corrected chi connectivity index (χ2v) is 5.47. The highest BCUT2D eigenvalue weighted by Crippen LogP contribution is 2.19. The largest absolute Gasteiger partial charge is 0.393 e. The molecule has 1 N–H and O–H groups in total. The summed E-state index contributed by atoms with van der Waals surface area (Å²) in [6, 6.07) is 4.16. The highest BCUT2D eigenvalue weighted by Gasteiger charge is 2.21. The van der Waals surface area contributed by atoms with Crippen molar-refractivity contribution in [3.63, 3.8) is 0 Å². The van der Waals surface area contributed by atoms with E-state index in [9.17, 15) is 5.11 Å². The number of aliphatic hydroxyl groups is 1. The Kier molecular flexibility index (Phi) is 4.77. The van der Waals surface area contributed by atoms with Crippen LogP contribution >= 0.6 is 11.3 Å². The number of hydrogen-bond donors (Lipinski definition) is 1. The van der Waals surface area contributed by atoms with Gasteiger partial charge in [0.15, 0.2) is 0 Å². The molecule has 0 amide bonds. The van der Waals surface area contributed by atoms with Crippen LogP contribution in [0, 0.1) is 0 Å². The van der Waals surface area contributed by atoms with Crippen LogP contribution in [0.1, 0.15) is 31.6 Å².